The Labute approximate surface area is 118 Å². The van der Waals surface area contributed by atoms with Crippen LogP contribution < -0.4 is 0 Å². The first-order valence-corrected chi connectivity index (χ1v) is 7.44. The second-order valence-electron chi connectivity index (χ2n) is 3.67. The van der Waals surface area contributed by atoms with E-state index in [0.29, 0.717) is 6.04 Å². The third kappa shape index (κ3) is 2.28. The SMILES string of the molecule is CCC(C)n1ncc(I)c1-c1cc(Cl)cs1. The summed E-state index contributed by atoms with van der Waals surface area (Å²) in [5.74, 6) is 0. The molecule has 2 nitrogen and oxygen atoms in total. The zero-order valence-corrected chi connectivity index (χ0v) is 12.8. The standard InChI is InChI=1S/C11H12ClIN2S/c1-3-7(2)15-11(9(13)5-14-15)10-4-8(12)6-16-10/h4-7H,3H2,1-2H3. The Morgan fingerprint density at radius 1 is 1.62 bits per heavy atom. The summed E-state index contributed by atoms with van der Waals surface area (Å²) < 4.78 is 3.26. The van der Waals surface area contributed by atoms with Gasteiger partial charge in [-0.25, -0.2) is 0 Å². The number of nitrogens with zero attached hydrogens (tertiary/aromatic N) is 2. The number of thiophene rings is 1. The summed E-state index contributed by atoms with van der Waals surface area (Å²) in [6.07, 6.45) is 2.99. The topological polar surface area (TPSA) is 17.8 Å². The van der Waals surface area contributed by atoms with Crippen molar-refractivity contribution in [3.05, 3.63) is 26.2 Å². The van der Waals surface area contributed by atoms with Crippen molar-refractivity contribution in [1.82, 2.24) is 9.78 Å². The van der Waals surface area contributed by atoms with Crippen molar-refractivity contribution in [3.63, 3.8) is 0 Å². The van der Waals surface area contributed by atoms with Gasteiger partial charge in [0.1, 0.15) is 0 Å². The van der Waals surface area contributed by atoms with Gasteiger partial charge in [-0.05, 0) is 42.0 Å². The zero-order chi connectivity index (χ0) is 11.7. The molecular weight excluding hydrogens is 355 g/mol. The highest BCUT2D eigenvalue weighted by atomic mass is 127. The molecule has 0 bridgehead atoms. The van der Waals surface area contributed by atoms with Crippen molar-refractivity contribution in [3.8, 4) is 10.6 Å². The maximum atomic E-state index is 5.97. The average Bonchev–Trinajstić information content (AvgIpc) is 2.83. The fourth-order valence-corrected chi connectivity index (χ4v) is 3.49. The molecule has 16 heavy (non-hydrogen) atoms. The Morgan fingerprint density at radius 3 is 2.94 bits per heavy atom. The van der Waals surface area contributed by atoms with E-state index in [0.717, 1.165) is 11.4 Å². The molecule has 2 heterocycles. The largest absolute Gasteiger partial charge is 0.260 e. The summed E-state index contributed by atoms with van der Waals surface area (Å²) in [6.45, 7) is 4.35. The van der Waals surface area contributed by atoms with Crippen molar-refractivity contribution in [2.45, 2.75) is 26.3 Å². The first kappa shape index (κ1) is 12.4. The molecule has 0 aliphatic carbocycles. The molecular formula is C11H12ClIN2S. The Morgan fingerprint density at radius 2 is 2.38 bits per heavy atom. The molecule has 0 saturated heterocycles. The third-order valence-electron chi connectivity index (χ3n) is 2.56. The van der Waals surface area contributed by atoms with Crippen LogP contribution in [0, 0.1) is 3.57 Å². The van der Waals surface area contributed by atoms with Gasteiger partial charge in [-0.3, -0.25) is 4.68 Å². The van der Waals surface area contributed by atoms with Gasteiger partial charge in [-0.2, -0.15) is 5.10 Å². The minimum Gasteiger partial charge on any atom is -0.260 e. The number of hydrogen-bond acceptors (Lipinski definition) is 2. The van der Waals surface area contributed by atoms with E-state index in [9.17, 15) is 0 Å². The Hall–Kier alpha value is -0.0700. The number of hydrogen-bond donors (Lipinski definition) is 0. The molecule has 2 aromatic heterocycles. The van der Waals surface area contributed by atoms with Gasteiger partial charge in [-0.1, -0.05) is 18.5 Å². The Bertz CT molecular complexity index is 492. The maximum absolute atomic E-state index is 5.97. The molecule has 5 heteroatoms. The van der Waals surface area contributed by atoms with Crippen LogP contribution in [0.3, 0.4) is 0 Å². The molecule has 0 aliphatic heterocycles. The van der Waals surface area contributed by atoms with Crippen molar-refractivity contribution >= 4 is 45.5 Å². The molecule has 0 N–H and O–H groups in total. The molecule has 86 valence electrons. The minimum atomic E-state index is 0.416. The summed E-state index contributed by atoms with van der Waals surface area (Å²) in [5.41, 5.74) is 1.19. The molecule has 0 aromatic carbocycles. The molecule has 0 fully saturated rings. The predicted molar refractivity (Wildman–Crippen MR) is 78.3 cm³/mol. The van der Waals surface area contributed by atoms with Crippen LogP contribution in [0.2, 0.25) is 5.02 Å². The maximum Gasteiger partial charge on any atom is 0.0919 e. The van der Waals surface area contributed by atoms with E-state index in [-0.39, 0.29) is 0 Å². The van der Waals surface area contributed by atoms with E-state index in [2.05, 4.69) is 46.2 Å². The van der Waals surface area contributed by atoms with Crippen LogP contribution >= 0.6 is 45.5 Å². The fraction of sp³-hybridized carbons (Fsp3) is 0.364. The quantitative estimate of drug-likeness (QED) is 0.711. The summed E-state index contributed by atoms with van der Waals surface area (Å²) in [6, 6.07) is 2.42. The summed E-state index contributed by atoms with van der Waals surface area (Å²) in [5, 5.41) is 7.20. The second-order valence-corrected chi connectivity index (χ2v) is 6.18. The van der Waals surface area contributed by atoms with E-state index in [1.54, 1.807) is 11.3 Å². The van der Waals surface area contributed by atoms with Crippen LogP contribution in [0.4, 0.5) is 0 Å². The van der Waals surface area contributed by atoms with E-state index >= 15 is 0 Å². The number of halogens is 2. The average molecular weight is 367 g/mol. The van der Waals surface area contributed by atoms with E-state index in [1.165, 1.54) is 14.1 Å². The lowest BCUT2D eigenvalue weighted by Crippen LogP contribution is -2.07. The summed E-state index contributed by atoms with van der Waals surface area (Å²) in [4.78, 5) is 1.19. The molecule has 1 unspecified atom stereocenters. The van der Waals surface area contributed by atoms with Crippen molar-refractivity contribution < 1.29 is 0 Å². The van der Waals surface area contributed by atoms with Crippen molar-refractivity contribution in [1.29, 1.82) is 0 Å². The normalized spacial score (nSPS) is 13.0. The lowest BCUT2D eigenvalue weighted by molar-refractivity contribution is 0.483. The molecule has 0 amide bonds. The third-order valence-corrected chi connectivity index (χ3v) is 4.63. The molecule has 0 saturated carbocycles. The molecule has 2 rings (SSSR count). The Balaban J connectivity index is 2.50. The van der Waals surface area contributed by atoms with Crippen molar-refractivity contribution in [2.75, 3.05) is 0 Å². The van der Waals surface area contributed by atoms with Gasteiger partial charge in [-0.15, -0.1) is 11.3 Å². The summed E-state index contributed by atoms with van der Waals surface area (Å²) in [7, 11) is 0. The van der Waals surface area contributed by atoms with Crippen LogP contribution in [0.25, 0.3) is 10.6 Å². The van der Waals surface area contributed by atoms with Crippen LogP contribution in [0.1, 0.15) is 26.3 Å². The van der Waals surface area contributed by atoms with Crippen LogP contribution in [-0.4, -0.2) is 9.78 Å². The first-order valence-electron chi connectivity index (χ1n) is 5.11. The van der Waals surface area contributed by atoms with Gasteiger partial charge in [0.25, 0.3) is 0 Å². The van der Waals surface area contributed by atoms with Crippen molar-refractivity contribution in [2.24, 2.45) is 0 Å². The van der Waals surface area contributed by atoms with E-state index in [4.69, 9.17) is 11.6 Å². The highest BCUT2D eigenvalue weighted by Crippen LogP contribution is 2.34. The zero-order valence-electron chi connectivity index (χ0n) is 9.08. The number of rotatable bonds is 3. The smallest absolute Gasteiger partial charge is 0.0919 e. The highest BCUT2D eigenvalue weighted by Gasteiger charge is 2.16. The molecule has 0 radical (unpaired) electrons. The van der Waals surface area contributed by atoms with Gasteiger partial charge in [0.05, 0.1) is 25.4 Å². The van der Waals surface area contributed by atoms with Gasteiger partial charge in [0, 0.05) is 11.4 Å². The fourth-order valence-electron chi connectivity index (χ4n) is 1.52. The molecule has 0 spiro atoms. The molecule has 2 aromatic rings. The van der Waals surface area contributed by atoms with Gasteiger partial charge < -0.3 is 0 Å². The highest BCUT2D eigenvalue weighted by molar-refractivity contribution is 14.1. The monoisotopic (exact) mass is 366 g/mol. The number of aromatic nitrogens is 2. The van der Waals surface area contributed by atoms with Gasteiger partial charge in [0.2, 0.25) is 0 Å². The molecule has 1 atom stereocenters. The van der Waals surface area contributed by atoms with Crippen LogP contribution in [0.5, 0.6) is 0 Å². The lowest BCUT2D eigenvalue weighted by atomic mass is 10.2. The Kier molecular flexibility index (Phi) is 3.92. The summed E-state index contributed by atoms with van der Waals surface area (Å²) >= 11 is 9.96. The van der Waals surface area contributed by atoms with E-state index in [1.807, 2.05) is 17.6 Å². The van der Waals surface area contributed by atoms with Crippen LogP contribution in [0.15, 0.2) is 17.6 Å². The molecule has 0 aliphatic rings. The van der Waals surface area contributed by atoms with Gasteiger partial charge >= 0.3 is 0 Å². The van der Waals surface area contributed by atoms with Crippen LogP contribution in [-0.2, 0) is 0 Å². The van der Waals surface area contributed by atoms with E-state index < -0.39 is 0 Å². The second kappa shape index (κ2) is 5.06. The predicted octanol–water partition coefficient (Wildman–Crippen LogP) is 4.84. The lowest BCUT2D eigenvalue weighted by Gasteiger charge is -2.12. The first-order chi connectivity index (χ1) is 7.63. The van der Waals surface area contributed by atoms with Gasteiger partial charge in [0.15, 0.2) is 0 Å². The minimum absolute atomic E-state index is 0.416.